The number of esters is 1. The second kappa shape index (κ2) is 8.41. The first kappa shape index (κ1) is 22.1. The molecule has 1 fully saturated rings. The zero-order chi connectivity index (χ0) is 22.3. The summed E-state index contributed by atoms with van der Waals surface area (Å²) >= 11 is 3.81. The van der Waals surface area contributed by atoms with Gasteiger partial charge in [0.15, 0.2) is 6.23 Å². The molecule has 4 rings (SSSR count). The molecule has 3 heterocycles. The molecule has 1 atom stereocenters. The van der Waals surface area contributed by atoms with Crippen LogP contribution in [0.25, 0.3) is 6.08 Å². The van der Waals surface area contributed by atoms with E-state index in [1.54, 1.807) is 24.2 Å². The fourth-order valence-corrected chi connectivity index (χ4v) is 6.25. The van der Waals surface area contributed by atoms with Crippen molar-refractivity contribution in [2.75, 3.05) is 25.6 Å². The number of rotatable bonds is 3. The van der Waals surface area contributed by atoms with Crippen molar-refractivity contribution in [2.24, 2.45) is 0 Å². The molecule has 0 saturated carbocycles. The molecular weight excluding hydrogens is 471 g/mol. The van der Waals surface area contributed by atoms with Crippen LogP contribution in [0, 0.1) is 0 Å². The summed E-state index contributed by atoms with van der Waals surface area (Å²) in [6.07, 6.45) is -2.19. The highest BCUT2D eigenvalue weighted by Gasteiger charge is 2.40. The van der Waals surface area contributed by atoms with Crippen LogP contribution in [0.3, 0.4) is 0 Å². The smallest absolute Gasteiger partial charge is 0.416 e. The first-order valence-electron chi connectivity index (χ1n) is 8.86. The van der Waals surface area contributed by atoms with E-state index in [0.29, 0.717) is 30.6 Å². The Labute approximate surface area is 188 Å². The summed E-state index contributed by atoms with van der Waals surface area (Å²) < 4.78 is 44.1. The third-order valence-corrected chi connectivity index (χ3v) is 7.89. The van der Waals surface area contributed by atoms with Gasteiger partial charge in [0, 0.05) is 29.6 Å². The minimum atomic E-state index is -4.44. The van der Waals surface area contributed by atoms with Crippen LogP contribution in [0.15, 0.2) is 49.6 Å². The van der Waals surface area contributed by atoms with Gasteiger partial charge >= 0.3 is 12.1 Å². The van der Waals surface area contributed by atoms with Crippen molar-refractivity contribution >= 4 is 52.6 Å². The molecule has 1 N–H and O–H groups in total. The van der Waals surface area contributed by atoms with Crippen LogP contribution < -0.4 is 4.90 Å². The van der Waals surface area contributed by atoms with Gasteiger partial charge in [-0.15, -0.1) is 11.3 Å². The molecule has 1 aromatic heterocycles. The second-order valence-corrected chi connectivity index (χ2v) is 9.56. The lowest BCUT2D eigenvalue weighted by Gasteiger charge is -2.22. The Kier molecular flexibility index (Phi) is 5.99. The number of hydrogen-bond acceptors (Lipinski definition) is 9. The van der Waals surface area contributed by atoms with Crippen LogP contribution in [-0.2, 0) is 15.7 Å². The quantitative estimate of drug-likeness (QED) is 0.639. The number of aromatic nitrogens is 1. The van der Waals surface area contributed by atoms with Crippen LogP contribution in [0.1, 0.15) is 10.6 Å². The van der Waals surface area contributed by atoms with Crippen molar-refractivity contribution in [1.82, 2.24) is 9.88 Å². The molecule has 1 aromatic carbocycles. The molecule has 0 amide bonds. The number of methoxy groups -OCH3 is 1. The highest BCUT2D eigenvalue weighted by molar-refractivity contribution is 8.09. The maximum atomic E-state index is 13.1. The summed E-state index contributed by atoms with van der Waals surface area (Å²) in [6, 6.07) is 3.57. The fraction of sp³-hybridized carbons (Fsp3) is 0.263. The number of carbonyl (C=O) groups excluding carboxylic acids is 1. The molecule has 12 heteroatoms. The van der Waals surface area contributed by atoms with Gasteiger partial charge in [-0.25, -0.2) is 4.98 Å². The number of thiazole rings is 1. The number of benzene rings is 1. The lowest BCUT2D eigenvalue weighted by molar-refractivity contribution is -0.143. The van der Waals surface area contributed by atoms with Gasteiger partial charge in [0.2, 0.25) is 0 Å². The Morgan fingerprint density at radius 3 is 2.77 bits per heavy atom. The molecule has 31 heavy (non-hydrogen) atoms. The molecule has 1 saturated heterocycles. The van der Waals surface area contributed by atoms with E-state index in [9.17, 15) is 23.1 Å². The zero-order valence-electron chi connectivity index (χ0n) is 16.2. The van der Waals surface area contributed by atoms with E-state index in [1.165, 1.54) is 41.2 Å². The summed E-state index contributed by atoms with van der Waals surface area (Å²) in [5.74, 6) is -0.526. The number of nitrogens with zero attached hydrogens (tertiary/aromatic N) is 3. The zero-order valence-corrected chi connectivity index (χ0v) is 18.7. The van der Waals surface area contributed by atoms with E-state index >= 15 is 0 Å². The summed E-state index contributed by atoms with van der Waals surface area (Å²) in [5, 5.41) is 14.7. The molecular formula is C19H16F3N3O3S3. The van der Waals surface area contributed by atoms with Crippen molar-refractivity contribution in [1.29, 1.82) is 0 Å². The number of fused-ring (bicyclic) bond motifs is 1. The monoisotopic (exact) mass is 487 g/mol. The van der Waals surface area contributed by atoms with Crippen molar-refractivity contribution in [3.63, 3.8) is 0 Å². The largest absolute Gasteiger partial charge is 0.468 e. The Bertz CT molecular complexity index is 1070. The number of hydrogen-bond donors (Lipinski definition) is 1. The van der Waals surface area contributed by atoms with Gasteiger partial charge in [-0.2, -0.15) is 13.2 Å². The number of aliphatic hydroxyl groups excluding tert-OH is 1. The third-order valence-electron chi connectivity index (χ3n) is 4.62. The molecule has 6 nitrogen and oxygen atoms in total. The fourth-order valence-electron chi connectivity index (χ4n) is 3.08. The van der Waals surface area contributed by atoms with Gasteiger partial charge in [0.05, 0.1) is 33.3 Å². The summed E-state index contributed by atoms with van der Waals surface area (Å²) in [7, 11) is 2.99. The minimum absolute atomic E-state index is 0.182. The highest BCUT2D eigenvalue weighted by atomic mass is 32.2. The Hall–Kier alpha value is -2.15. The van der Waals surface area contributed by atoms with Crippen LogP contribution >= 0.6 is 34.9 Å². The van der Waals surface area contributed by atoms with Crippen LogP contribution in [0.5, 0.6) is 0 Å². The van der Waals surface area contributed by atoms with Crippen molar-refractivity contribution < 1.29 is 27.8 Å². The third kappa shape index (κ3) is 4.29. The number of ether oxygens (including phenoxy) is 1. The lowest BCUT2D eigenvalue weighted by atomic mass is 10.2. The minimum Gasteiger partial charge on any atom is -0.468 e. The molecule has 2 aromatic rings. The molecule has 2 aliphatic rings. The number of halogens is 3. The van der Waals surface area contributed by atoms with E-state index < -0.39 is 23.9 Å². The summed E-state index contributed by atoms with van der Waals surface area (Å²) in [5.41, 5.74) is -0.111. The predicted octanol–water partition coefficient (Wildman–Crippen LogP) is 4.41. The highest BCUT2D eigenvalue weighted by Crippen LogP contribution is 2.53. The van der Waals surface area contributed by atoms with Gasteiger partial charge in [-0.1, -0.05) is 23.5 Å². The van der Waals surface area contributed by atoms with Gasteiger partial charge < -0.3 is 19.6 Å². The predicted molar refractivity (Wildman–Crippen MR) is 115 cm³/mol. The van der Waals surface area contributed by atoms with Gasteiger partial charge in [-0.05, 0) is 18.2 Å². The Balaban J connectivity index is 1.71. The van der Waals surface area contributed by atoms with Crippen LogP contribution in [-0.4, -0.2) is 47.9 Å². The average molecular weight is 488 g/mol. The first-order valence-corrected chi connectivity index (χ1v) is 11.4. The maximum Gasteiger partial charge on any atom is 0.416 e. The van der Waals surface area contributed by atoms with E-state index in [-0.39, 0.29) is 6.54 Å². The Morgan fingerprint density at radius 2 is 2.13 bits per heavy atom. The standard InChI is InChI=1S/C19H16F3N3O3S3/c1-24-11-4-3-10(19(20,21)22)7-12(11)30-18(24)16-17(27)25(9-15(26)28-2)14(31-16)8-13-23-5-6-29-13/h3-8,17,27H,9H2,1-2H3/b14-8-,18-16+. The van der Waals surface area contributed by atoms with E-state index in [1.807, 2.05) is 5.38 Å². The number of carbonyl (C=O) groups is 1. The van der Waals surface area contributed by atoms with Crippen molar-refractivity contribution in [3.8, 4) is 0 Å². The molecule has 0 spiro atoms. The van der Waals surface area contributed by atoms with Crippen LogP contribution in [0.2, 0.25) is 0 Å². The lowest BCUT2D eigenvalue weighted by Crippen LogP contribution is -2.34. The normalized spacial score (nSPS) is 22.4. The molecule has 164 valence electrons. The van der Waals surface area contributed by atoms with E-state index in [4.69, 9.17) is 4.74 Å². The van der Waals surface area contributed by atoms with E-state index in [2.05, 4.69) is 4.98 Å². The van der Waals surface area contributed by atoms with Crippen LogP contribution in [0.4, 0.5) is 18.9 Å². The second-order valence-electron chi connectivity index (χ2n) is 6.54. The maximum absolute atomic E-state index is 13.1. The molecule has 2 aliphatic heterocycles. The molecule has 0 aliphatic carbocycles. The topological polar surface area (TPSA) is 65.9 Å². The summed E-state index contributed by atoms with van der Waals surface area (Å²) in [6.45, 7) is -0.182. The number of aliphatic hydroxyl groups is 1. The van der Waals surface area contributed by atoms with Gasteiger partial charge in [0.25, 0.3) is 0 Å². The number of anilines is 1. The molecule has 0 bridgehead atoms. The average Bonchev–Trinajstić information content (AvgIpc) is 3.42. The summed E-state index contributed by atoms with van der Waals surface area (Å²) in [4.78, 5) is 20.3. The van der Waals surface area contributed by atoms with Crippen molar-refractivity contribution in [3.05, 3.63) is 55.3 Å². The molecule has 0 radical (unpaired) electrons. The SMILES string of the molecule is COC(=O)CN1/C(=C/c2nccs2)S/C(=C2/Sc3cc(C(F)(F)F)ccc3N2C)C1O. The van der Waals surface area contributed by atoms with Gasteiger partial charge in [0.1, 0.15) is 11.6 Å². The number of alkyl halides is 3. The van der Waals surface area contributed by atoms with E-state index in [0.717, 1.165) is 23.9 Å². The first-order chi connectivity index (χ1) is 14.7. The number of thioether (sulfide) groups is 2. The molecule has 1 unspecified atom stereocenters. The van der Waals surface area contributed by atoms with Gasteiger partial charge in [-0.3, -0.25) is 4.79 Å². The van der Waals surface area contributed by atoms with Crippen molar-refractivity contribution in [2.45, 2.75) is 17.3 Å². The Morgan fingerprint density at radius 1 is 1.35 bits per heavy atom.